The Morgan fingerprint density at radius 3 is 2.76 bits per heavy atom. The number of amides is 2. The first-order valence-corrected chi connectivity index (χ1v) is 10.7. The predicted octanol–water partition coefficient (Wildman–Crippen LogP) is 2.39. The minimum absolute atomic E-state index is 0.0830. The molecule has 3 aromatic rings. The van der Waals surface area contributed by atoms with Gasteiger partial charge in [-0.1, -0.05) is 24.3 Å². The Morgan fingerprint density at radius 1 is 1.15 bits per heavy atom. The van der Waals surface area contributed by atoms with Crippen LogP contribution in [0.15, 0.2) is 58.4 Å². The minimum Gasteiger partial charge on any atom is -0.383 e. The SMILES string of the molecule is COCCN(Cc1nc2ccccc2c(=O)[nH]1)C(=O)C1=NN(c2cccc(C)c2)C(=O)CC1. The number of anilines is 1. The Hall–Kier alpha value is -3.85. The predicted molar refractivity (Wildman–Crippen MR) is 125 cm³/mol. The minimum atomic E-state index is -0.326. The van der Waals surface area contributed by atoms with Crippen LogP contribution in [0.25, 0.3) is 10.9 Å². The van der Waals surface area contributed by atoms with Gasteiger partial charge < -0.3 is 14.6 Å². The number of aromatic nitrogens is 2. The van der Waals surface area contributed by atoms with Gasteiger partial charge in [0, 0.05) is 26.5 Å². The Labute approximate surface area is 190 Å². The number of hydrazone groups is 1. The van der Waals surface area contributed by atoms with Crippen molar-refractivity contribution in [3.8, 4) is 0 Å². The number of carbonyl (C=O) groups excluding carboxylic acids is 2. The summed E-state index contributed by atoms with van der Waals surface area (Å²) in [6.07, 6.45) is 0.423. The first kappa shape index (κ1) is 22.3. The molecule has 9 nitrogen and oxygen atoms in total. The topological polar surface area (TPSA) is 108 Å². The van der Waals surface area contributed by atoms with Crippen molar-refractivity contribution < 1.29 is 14.3 Å². The molecule has 2 heterocycles. The fraction of sp³-hybridized carbons (Fsp3) is 0.292. The zero-order valence-electron chi connectivity index (χ0n) is 18.6. The van der Waals surface area contributed by atoms with E-state index in [1.807, 2.05) is 25.1 Å². The van der Waals surface area contributed by atoms with Crippen molar-refractivity contribution >= 4 is 34.1 Å². The van der Waals surface area contributed by atoms with Gasteiger partial charge in [0.15, 0.2) is 0 Å². The summed E-state index contributed by atoms with van der Waals surface area (Å²) in [5.41, 5.74) is 2.17. The molecule has 0 fully saturated rings. The van der Waals surface area contributed by atoms with E-state index in [2.05, 4.69) is 15.1 Å². The van der Waals surface area contributed by atoms with Crippen LogP contribution in [0.4, 0.5) is 5.69 Å². The molecule has 0 atom stereocenters. The highest BCUT2D eigenvalue weighted by molar-refractivity contribution is 6.40. The lowest BCUT2D eigenvalue weighted by atomic mass is 10.1. The number of para-hydroxylation sites is 1. The number of carbonyl (C=O) groups is 2. The van der Waals surface area contributed by atoms with E-state index in [4.69, 9.17) is 4.74 Å². The van der Waals surface area contributed by atoms with E-state index in [0.717, 1.165) is 5.56 Å². The van der Waals surface area contributed by atoms with Gasteiger partial charge in [0.2, 0.25) is 5.91 Å². The van der Waals surface area contributed by atoms with Gasteiger partial charge >= 0.3 is 0 Å². The molecule has 4 rings (SSSR count). The number of benzene rings is 2. The van der Waals surface area contributed by atoms with E-state index >= 15 is 0 Å². The Kier molecular flexibility index (Phi) is 6.60. The Balaban J connectivity index is 1.63. The summed E-state index contributed by atoms with van der Waals surface area (Å²) in [5.74, 6) is -0.125. The second-order valence-electron chi connectivity index (χ2n) is 7.84. The standard InChI is InChI=1S/C24H25N5O4/c1-16-6-5-7-17(14-16)29-22(30)11-10-20(27-29)24(32)28(12-13-33-2)15-21-25-19-9-4-3-8-18(19)23(31)26-21/h3-9,14H,10-13,15H2,1-2H3,(H,25,26,31). The van der Waals surface area contributed by atoms with Crippen LogP contribution in [0, 0.1) is 6.92 Å². The summed E-state index contributed by atoms with van der Waals surface area (Å²) < 4.78 is 5.17. The van der Waals surface area contributed by atoms with Crippen LogP contribution in [0.5, 0.6) is 0 Å². The van der Waals surface area contributed by atoms with Crippen LogP contribution >= 0.6 is 0 Å². The van der Waals surface area contributed by atoms with Gasteiger partial charge in [-0.2, -0.15) is 5.10 Å². The van der Waals surface area contributed by atoms with Crippen LogP contribution in [0.2, 0.25) is 0 Å². The van der Waals surface area contributed by atoms with E-state index in [0.29, 0.717) is 29.0 Å². The molecule has 170 valence electrons. The summed E-state index contributed by atoms with van der Waals surface area (Å²) in [4.78, 5) is 47.1. The molecule has 0 saturated heterocycles. The van der Waals surface area contributed by atoms with E-state index < -0.39 is 0 Å². The first-order valence-electron chi connectivity index (χ1n) is 10.7. The summed E-state index contributed by atoms with van der Waals surface area (Å²) >= 11 is 0. The van der Waals surface area contributed by atoms with E-state index in [1.54, 1.807) is 37.4 Å². The van der Waals surface area contributed by atoms with Crippen molar-refractivity contribution in [3.63, 3.8) is 0 Å². The third kappa shape index (κ3) is 4.98. The summed E-state index contributed by atoms with van der Waals surface area (Å²) in [5, 5.41) is 6.16. The van der Waals surface area contributed by atoms with Crippen molar-refractivity contribution in [1.29, 1.82) is 0 Å². The number of ether oxygens (including phenoxy) is 1. The number of nitrogens with one attached hydrogen (secondary N) is 1. The van der Waals surface area contributed by atoms with Crippen LogP contribution in [0.1, 0.15) is 24.2 Å². The maximum atomic E-state index is 13.4. The maximum Gasteiger partial charge on any atom is 0.270 e. The van der Waals surface area contributed by atoms with Gasteiger partial charge in [0.1, 0.15) is 11.5 Å². The van der Waals surface area contributed by atoms with Crippen molar-refractivity contribution in [2.24, 2.45) is 5.10 Å². The quantitative estimate of drug-likeness (QED) is 0.598. The number of hydrogen-bond donors (Lipinski definition) is 1. The average Bonchev–Trinajstić information content (AvgIpc) is 2.81. The number of aryl methyl sites for hydroxylation is 1. The van der Waals surface area contributed by atoms with E-state index in [-0.39, 0.29) is 49.0 Å². The highest BCUT2D eigenvalue weighted by atomic mass is 16.5. The van der Waals surface area contributed by atoms with Crippen molar-refractivity contribution in [3.05, 3.63) is 70.3 Å². The number of hydrogen-bond acceptors (Lipinski definition) is 6. The van der Waals surface area contributed by atoms with Gasteiger partial charge in [-0.15, -0.1) is 0 Å². The lowest BCUT2D eigenvalue weighted by Crippen LogP contribution is -2.43. The van der Waals surface area contributed by atoms with Crippen LogP contribution in [0.3, 0.4) is 0 Å². The summed E-state index contributed by atoms with van der Waals surface area (Å²) in [7, 11) is 1.55. The molecular weight excluding hydrogens is 422 g/mol. The number of rotatable bonds is 7. The van der Waals surface area contributed by atoms with Crippen LogP contribution in [-0.4, -0.2) is 52.7 Å². The molecule has 0 aliphatic carbocycles. The number of methoxy groups -OCH3 is 1. The molecule has 0 bridgehead atoms. The smallest absolute Gasteiger partial charge is 0.270 e. The largest absolute Gasteiger partial charge is 0.383 e. The molecule has 2 amide bonds. The third-order valence-corrected chi connectivity index (χ3v) is 5.38. The zero-order chi connectivity index (χ0) is 23.4. The van der Waals surface area contributed by atoms with Gasteiger partial charge in [0.25, 0.3) is 11.5 Å². The first-order chi connectivity index (χ1) is 16.0. The fourth-order valence-electron chi connectivity index (χ4n) is 3.70. The second kappa shape index (κ2) is 9.74. The highest BCUT2D eigenvalue weighted by Gasteiger charge is 2.29. The van der Waals surface area contributed by atoms with Gasteiger partial charge in [0.05, 0.1) is 29.7 Å². The molecule has 0 spiro atoms. The lowest BCUT2D eigenvalue weighted by Gasteiger charge is -2.27. The van der Waals surface area contributed by atoms with Gasteiger partial charge in [-0.05, 0) is 36.8 Å². The molecule has 0 radical (unpaired) electrons. The number of H-pyrrole nitrogens is 1. The monoisotopic (exact) mass is 447 g/mol. The van der Waals surface area contributed by atoms with E-state index in [9.17, 15) is 14.4 Å². The van der Waals surface area contributed by atoms with Crippen molar-refractivity contribution in [2.75, 3.05) is 25.3 Å². The molecule has 1 aromatic heterocycles. The normalized spacial score (nSPS) is 13.8. The highest BCUT2D eigenvalue weighted by Crippen LogP contribution is 2.22. The van der Waals surface area contributed by atoms with Crippen LogP contribution < -0.4 is 10.6 Å². The average molecular weight is 447 g/mol. The molecule has 9 heteroatoms. The zero-order valence-corrected chi connectivity index (χ0v) is 18.6. The Morgan fingerprint density at radius 2 is 1.97 bits per heavy atom. The molecule has 1 aliphatic heterocycles. The molecule has 0 saturated carbocycles. The number of fused-ring (bicyclic) bond motifs is 1. The molecular formula is C24H25N5O4. The molecule has 0 unspecified atom stereocenters. The molecule has 2 aromatic carbocycles. The number of aromatic amines is 1. The summed E-state index contributed by atoms with van der Waals surface area (Å²) in [6, 6.07) is 14.4. The maximum absolute atomic E-state index is 13.4. The van der Waals surface area contributed by atoms with Crippen molar-refractivity contribution in [1.82, 2.24) is 14.9 Å². The second-order valence-corrected chi connectivity index (χ2v) is 7.84. The number of nitrogens with zero attached hydrogens (tertiary/aromatic N) is 4. The van der Waals surface area contributed by atoms with Crippen molar-refractivity contribution in [2.45, 2.75) is 26.3 Å². The van der Waals surface area contributed by atoms with Crippen LogP contribution in [-0.2, 0) is 20.9 Å². The third-order valence-electron chi connectivity index (χ3n) is 5.38. The van der Waals surface area contributed by atoms with Gasteiger partial charge in [-0.3, -0.25) is 14.4 Å². The fourth-order valence-corrected chi connectivity index (χ4v) is 3.70. The summed E-state index contributed by atoms with van der Waals surface area (Å²) in [6.45, 7) is 2.60. The Bertz CT molecular complexity index is 1280. The molecule has 1 N–H and O–H groups in total. The van der Waals surface area contributed by atoms with E-state index in [1.165, 1.54) is 9.91 Å². The molecule has 33 heavy (non-hydrogen) atoms. The lowest BCUT2D eigenvalue weighted by molar-refractivity contribution is -0.125. The molecule has 1 aliphatic rings. The van der Waals surface area contributed by atoms with Gasteiger partial charge in [-0.25, -0.2) is 9.99 Å².